The van der Waals surface area contributed by atoms with Gasteiger partial charge in [0.2, 0.25) is 5.91 Å². The Morgan fingerprint density at radius 3 is 1.91 bits per heavy atom. The fourth-order valence-electron chi connectivity index (χ4n) is 5.89. The number of aromatic nitrogens is 2. The van der Waals surface area contributed by atoms with Crippen LogP contribution in [0.4, 0.5) is 5.69 Å². The summed E-state index contributed by atoms with van der Waals surface area (Å²) in [5, 5.41) is 2.14. The smallest absolute Gasteiger partial charge is 0.247 e. The number of anilines is 1. The van der Waals surface area contributed by atoms with E-state index in [1.807, 2.05) is 47.4 Å². The van der Waals surface area contributed by atoms with E-state index in [0.717, 1.165) is 55.6 Å². The summed E-state index contributed by atoms with van der Waals surface area (Å²) in [5.41, 5.74) is 7.10. The molecule has 1 aliphatic heterocycles. The number of aromatic amines is 2. The molecular weight excluding hydrogens is 406 g/mol. The zero-order chi connectivity index (χ0) is 22.7. The molecule has 0 unspecified atom stereocenters. The fraction of sp³-hybridized carbons (Fsp3) is 0.138. The number of para-hydroxylation sites is 3. The van der Waals surface area contributed by atoms with E-state index in [1.165, 1.54) is 0 Å². The van der Waals surface area contributed by atoms with Gasteiger partial charge in [-0.15, -0.1) is 6.58 Å². The second-order valence-corrected chi connectivity index (χ2v) is 8.81. The van der Waals surface area contributed by atoms with Crippen molar-refractivity contribution in [2.75, 3.05) is 11.4 Å². The van der Waals surface area contributed by atoms with Crippen LogP contribution in [0.15, 0.2) is 85.5 Å². The van der Waals surface area contributed by atoms with Crippen LogP contribution >= 0.6 is 0 Å². The zero-order valence-electron chi connectivity index (χ0n) is 18.8. The summed E-state index contributed by atoms with van der Waals surface area (Å²) < 4.78 is 0. The van der Waals surface area contributed by atoms with Gasteiger partial charge in [-0.05, 0) is 32.0 Å². The highest BCUT2D eigenvalue weighted by molar-refractivity contribution is 6.17. The van der Waals surface area contributed by atoms with Gasteiger partial charge in [0.1, 0.15) is 5.41 Å². The van der Waals surface area contributed by atoms with E-state index in [0.29, 0.717) is 6.54 Å². The largest absolute Gasteiger partial charge is 0.358 e. The fourth-order valence-corrected chi connectivity index (χ4v) is 5.89. The number of nitrogens with one attached hydrogen (secondary N) is 2. The summed E-state index contributed by atoms with van der Waals surface area (Å²) in [6, 6.07) is 24.7. The highest BCUT2D eigenvalue weighted by Gasteiger charge is 2.56. The number of aryl methyl sites for hydroxylation is 2. The third-order valence-corrected chi connectivity index (χ3v) is 7.01. The second kappa shape index (κ2) is 6.97. The monoisotopic (exact) mass is 431 g/mol. The van der Waals surface area contributed by atoms with Crippen LogP contribution in [0.3, 0.4) is 0 Å². The molecular formula is C29H25N3O. The van der Waals surface area contributed by atoms with Crippen LogP contribution in [-0.4, -0.2) is 22.4 Å². The van der Waals surface area contributed by atoms with E-state index in [9.17, 15) is 4.79 Å². The van der Waals surface area contributed by atoms with Crippen LogP contribution in [0.25, 0.3) is 21.8 Å². The quantitative estimate of drug-likeness (QED) is 0.330. The molecule has 1 aliphatic rings. The lowest BCUT2D eigenvalue weighted by molar-refractivity contribution is -0.120. The van der Waals surface area contributed by atoms with Gasteiger partial charge in [-0.3, -0.25) is 4.79 Å². The van der Waals surface area contributed by atoms with Crippen molar-refractivity contribution in [2.45, 2.75) is 19.3 Å². The molecule has 0 fully saturated rings. The molecule has 33 heavy (non-hydrogen) atoms. The van der Waals surface area contributed by atoms with Crippen LogP contribution in [0.2, 0.25) is 0 Å². The molecule has 0 bridgehead atoms. The average Bonchev–Trinajstić information content (AvgIpc) is 3.42. The zero-order valence-corrected chi connectivity index (χ0v) is 18.8. The Labute approximate surface area is 192 Å². The lowest BCUT2D eigenvalue weighted by atomic mass is 9.68. The SMILES string of the molecule is C=CCN1C(=O)C(c2c(C)[nH]c3ccccc23)(c2c(C)[nH]c3ccccc23)c2ccccc21. The lowest BCUT2D eigenvalue weighted by Crippen LogP contribution is -2.43. The normalized spacial score (nSPS) is 14.8. The maximum Gasteiger partial charge on any atom is 0.247 e. The van der Waals surface area contributed by atoms with Gasteiger partial charge in [0.25, 0.3) is 0 Å². The standard InChI is InChI=1S/C29H25N3O/c1-4-17-32-25-16-10-7-13-22(25)29(28(32)33,26-18(2)30-23-14-8-5-11-20(23)26)27-19(3)31-24-15-9-6-12-21(24)27/h4-16,30-31H,1,17H2,2-3H3. The molecule has 2 aromatic heterocycles. The number of H-pyrrole nitrogens is 2. The van der Waals surface area contributed by atoms with Crippen LogP contribution < -0.4 is 4.90 Å². The van der Waals surface area contributed by atoms with Crippen LogP contribution in [-0.2, 0) is 10.2 Å². The van der Waals surface area contributed by atoms with Crippen LogP contribution in [0, 0.1) is 13.8 Å². The molecule has 5 aromatic rings. The average molecular weight is 432 g/mol. The molecule has 0 atom stereocenters. The summed E-state index contributed by atoms with van der Waals surface area (Å²) in [7, 11) is 0. The highest BCUT2D eigenvalue weighted by atomic mass is 16.2. The van der Waals surface area contributed by atoms with Gasteiger partial charge in [0.15, 0.2) is 0 Å². The predicted molar refractivity (Wildman–Crippen MR) is 135 cm³/mol. The number of nitrogens with zero attached hydrogens (tertiary/aromatic N) is 1. The van der Waals surface area contributed by atoms with Gasteiger partial charge in [0, 0.05) is 62.1 Å². The van der Waals surface area contributed by atoms with Crippen LogP contribution in [0.5, 0.6) is 0 Å². The molecule has 3 heterocycles. The summed E-state index contributed by atoms with van der Waals surface area (Å²) >= 11 is 0. The van der Waals surface area contributed by atoms with Crippen molar-refractivity contribution >= 4 is 33.4 Å². The van der Waals surface area contributed by atoms with Gasteiger partial charge >= 0.3 is 0 Å². The van der Waals surface area contributed by atoms with Gasteiger partial charge in [-0.2, -0.15) is 0 Å². The van der Waals surface area contributed by atoms with E-state index in [2.05, 4.69) is 60.7 Å². The van der Waals surface area contributed by atoms with Crippen molar-refractivity contribution in [1.82, 2.24) is 9.97 Å². The number of amides is 1. The molecule has 0 saturated heterocycles. The minimum atomic E-state index is -0.979. The molecule has 6 rings (SSSR count). The highest BCUT2D eigenvalue weighted by Crippen LogP contribution is 2.55. The molecule has 2 N–H and O–H groups in total. The first-order chi connectivity index (χ1) is 16.1. The van der Waals surface area contributed by atoms with Crippen molar-refractivity contribution in [2.24, 2.45) is 0 Å². The Balaban J connectivity index is 1.85. The molecule has 0 radical (unpaired) electrons. The molecule has 162 valence electrons. The number of carbonyl (C=O) groups excluding carboxylic acids is 1. The number of fused-ring (bicyclic) bond motifs is 3. The summed E-state index contributed by atoms with van der Waals surface area (Å²) in [5.74, 6) is 0.0595. The molecule has 0 aliphatic carbocycles. The number of benzene rings is 3. The van der Waals surface area contributed by atoms with E-state index in [4.69, 9.17) is 0 Å². The van der Waals surface area contributed by atoms with Gasteiger partial charge in [0.05, 0.1) is 0 Å². The van der Waals surface area contributed by atoms with E-state index in [1.54, 1.807) is 6.08 Å². The molecule has 1 amide bonds. The van der Waals surface area contributed by atoms with E-state index < -0.39 is 5.41 Å². The van der Waals surface area contributed by atoms with Crippen LogP contribution in [0.1, 0.15) is 28.1 Å². The summed E-state index contributed by atoms with van der Waals surface area (Å²) in [6.45, 7) is 8.55. The second-order valence-electron chi connectivity index (χ2n) is 8.81. The maximum absolute atomic E-state index is 14.7. The third kappa shape index (κ3) is 2.43. The number of hydrogen-bond donors (Lipinski definition) is 2. The molecule has 0 spiro atoms. The number of carbonyl (C=O) groups is 1. The van der Waals surface area contributed by atoms with Gasteiger partial charge < -0.3 is 14.9 Å². The van der Waals surface area contributed by atoms with Crippen molar-refractivity contribution in [3.63, 3.8) is 0 Å². The molecule has 0 saturated carbocycles. The van der Waals surface area contributed by atoms with Crippen molar-refractivity contribution < 1.29 is 4.79 Å². The van der Waals surface area contributed by atoms with E-state index >= 15 is 0 Å². The Kier molecular flexibility index (Phi) is 4.15. The lowest BCUT2D eigenvalue weighted by Gasteiger charge is -2.31. The molecule has 4 heteroatoms. The Morgan fingerprint density at radius 1 is 0.818 bits per heavy atom. The van der Waals surface area contributed by atoms with Crippen molar-refractivity contribution in [3.8, 4) is 0 Å². The first-order valence-corrected chi connectivity index (χ1v) is 11.3. The van der Waals surface area contributed by atoms with Gasteiger partial charge in [-0.1, -0.05) is 60.7 Å². The number of rotatable bonds is 4. The van der Waals surface area contributed by atoms with Gasteiger partial charge in [-0.25, -0.2) is 0 Å². The Morgan fingerprint density at radius 2 is 1.33 bits per heavy atom. The predicted octanol–water partition coefficient (Wildman–Crippen LogP) is 6.13. The van der Waals surface area contributed by atoms with E-state index in [-0.39, 0.29) is 5.91 Å². The summed E-state index contributed by atoms with van der Waals surface area (Å²) in [4.78, 5) is 23.7. The molecule has 3 aromatic carbocycles. The molecule has 4 nitrogen and oxygen atoms in total. The Bertz CT molecular complexity index is 1490. The Hall–Kier alpha value is -4.05. The first kappa shape index (κ1) is 19.6. The van der Waals surface area contributed by atoms with Crippen molar-refractivity contribution in [3.05, 3.63) is 114 Å². The minimum absolute atomic E-state index is 0.0595. The number of hydrogen-bond acceptors (Lipinski definition) is 1. The first-order valence-electron chi connectivity index (χ1n) is 11.3. The third-order valence-electron chi connectivity index (χ3n) is 7.01. The minimum Gasteiger partial charge on any atom is -0.358 e. The van der Waals surface area contributed by atoms with Crippen molar-refractivity contribution in [1.29, 1.82) is 0 Å². The maximum atomic E-state index is 14.7. The topological polar surface area (TPSA) is 51.9 Å². The summed E-state index contributed by atoms with van der Waals surface area (Å²) in [6.07, 6.45) is 1.80.